The molecule has 1 aliphatic heterocycles. The monoisotopic (exact) mass is 202 g/mol. The van der Waals surface area contributed by atoms with Gasteiger partial charge >= 0.3 is 5.97 Å². The van der Waals surface area contributed by atoms with Gasteiger partial charge in [-0.2, -0.15) is 0 Å². The number of hydrogen-bond donors (Lipinski definition) is 0. The van der Waals surface area contributed by atoms with Gasteiger partial charge in [0.25, 0.3) is 0 Å². The summed E-state index contributed by atoms with van der Waals surface area (Å²) in [5.74, 6) is 0.00875. The standard InChI is InChI=1S/C9H16O3.C2H6/c1-7(2)12-9(10)8-3-5-11-6-4-8;1-2/h7-8H,3-6H2,1-2H3;1-2H3. The number of hydrogen-bond acceptors (Lipinski definition) is 3. The Labute approximate surface area is 86.8 Å². The molecule has 0 N–H and O–H groups in total. The average molecular weight is 202 g/mol. The van der Waals surface area contributed by atoms with Gasteiger partial charge in [-0.25, -0.2) is 0 Å². The van der Waals surface area contributed by atoms with E-state index in [9.17, 15) is 4.79 Å². The van der Waals surface area contributed by atoms with Crippen molar-refractivity contribution in [1.82, 2.24) is 0 Å². The summed E-state index contributed by atoms with van der Waals surface area (Å²) in [4.78, 5) is 11.3. The minimum absolute atomic E-state index is 0.000319. The van der Waals surface area contributed by atoms with Gasteiger partial charge in [-0.15, -0.1) is 0 Å². The molecule has 0 atom stereocenters. The van der Waals surface area contributed by atoms with Crippen molar-refractivity contribution in [3.63, 3.8) is 0 Å². The molecule has 0 radical (unpaired) electrons. The van der Waals surface area contributed by atoms with E-state index in [2.05, 4.69) is 0 Å². The highest BCUT2D eigenvalue weighted by Crippen LogP contribution is 2.16. The minimum atomic E-state index is -0.0618. The van der Waals surface area contributed by atoms with E-state index in [0.29, 0.717) is 13.2 Å². The highest BCUT2D eigenvalue weighted by molar-refractivity contribution is 5.72. The summed E-state index contributed by atoms with van der Waals surface area (Å²) in [5.41, 5.74) is 0. The predicted octanol–water partition coefficient (Wildman–Crippen LogP) is 2.39. The molecule has 0 aromatic heterocycles. The molecule has 84 valence electrons. The third-order valence-corrected chi connectivity index (χ3v) is 1.91. The second kappa shape index (κ2) is 7.80. The van der Waals surface area contributed by atoms with E-state index < -0.39 is 0 Å². The van der Waals surface area contributed by atoms with Gasteiger partial charge in [-0.05, 0) is 26.7 Å². The molecule has 1 saturated heterocycles. The lowest BCUT2D eigenvalue weighted by atomic mass is 10.0. The van der Waals surface area contributed by atoms with Crippen molar-refractivity contribution in [3.8, 4) is 0 Å². The summed E-state index contributed by atoms with van der Waals surface area (Å²) in [7, 11) is 0. The zero-order valence-corrected chi connectivity index (χ0v) is 9.71. The summed E-state index contributed by atoms with van der Waals surface area (Å²) < 4.78 is 10.2. The lowest BCUT2D eigenvalue weighted by Gasteiger charge is -2.21. The van der Waals surface area contributed by atoms with Crippen molar-refractivity contribution in [2.45, 2.75) is 46.6 Å². The van der Waals surface area contributed by atoms with Crippen LogP contribution in [0.5, 0.6) is 0 Å². The van der Waals surface area contributed by atoms with Crippen LogP contribution in [0.3, 0.4) is 0 Å². The van der Waals surface area contributed by atoms with Crippen molar-refractivity contribution in [2.75, 3.05) is 13.2 Å². The van der Waals surface area contributed by atoms with Gasteiger partial charge in [0.15, 0.2) is 0 Å². The summed E-state index contributed by atoms with van der Waals surface area (Å²) in [6, 6.07) is 0. The molecule has 1 rings (SSSR count). The van der Waals surface area contributed by atoms with Gasteiger partial charge in [0.05, 0.1) is 12.0 Å². The summed E-state index contributed by atoms with van der Waals surface area (Å²) in [6.07, 6.45) is 1.62. The number of carbonyl (C=O) groups excluding carboxylic acids is 1. The van der Waals surface area contributed by atoms with Gasteiger partial charge < -0.3 is 9.47 Å². The molecular weight excluding hydrogens is 180 g/mol. The SMILES string of the molecule is CC.CC(C)OC(=O)C1CCOCC1. The van der Waals surface area contributed by atoms with Crippen LogP contribution in [0.15, 0.2) is 0 Å². The van der Waals surface area contributed by atoms with E-state index in [1.54, 1.807) is 0 Å². The Kier molecular flexibility index (Phi) is 7.48. The van der Waals surface area contributed by atoms with Gasteiger partial charge in [0, 0.05) is 13.2 Å². The normalized spacial score (nSPS) is 17.2. The van der Waals surface area contributed by atoms with Crippen LogP contribution in [0.1, 0.15) is 40.5 Å². The molecule has 1 heterocycles. The first kappa shape index (κ1) is 13.4. The fourth-order valence-electron chi connectivity index (χ4n) is 1.26. The zero-order chi connectivity index (χ0) is 11.0. The van der Waals surface area contributed by atoms with Crippen molar-refractivity contribution in [3.05, 3.63) is 0 Å². The van der Waals surface area contributed by atoms with Crippen LogP contribution in [0, 0.1) is 5.92 Å². The van der Waals surface area contributed by atoms with Crippen LogP contribution in [-0.2, 0) is 14.3 Å². The fraction of sp³-hybridized carbons (Fsp3) is 0.909. The van der Waals surface area contributed by atoms with Crippen LogP contribution in [0.2, 0.25) is 0 Å². The molecule has 1 aliphatic rings. The van der Waals surface area contributed by atoms with Crippen molar-refractivity contribution >= 4 is 5.97 Å². The molecule has 0 aromatic rings. The quantitative estimate of drug-likeness (QED) is 0.645. The van der Waals surface area contributed by atoms with Crippen LogP contribution >= 0.6 is 0 Å². The van der Waals surface area contributed by atoms with E-state index in [1.807, 2.05) is 27.7 Å². The predicted molar refractivity (Wildman–Crippen MR) is 56.1 cm³/mol. The maximum atomic E-state index is 11.3. The lowest BCUT2D eigenvalue weighted by molar-refractivity contribution is -0.155. The molecule has 1 fully saturated rings. The third kappa shape index (κ3) is 5.22. The smallest absolute Gasteiger partial charge is 0.309 e. The largest absolute Gasteiger partial charge is 0.463 e. The molecule has 0 unspecified atom stereocenters. The van der Waals surface area contributed by atoms with E-state index in [4.69, 9.17) is 9.47 Å². The van der Waals surface area contributed by atoms with E-state index in [-0.39, 0.29) is 18.0 Å². The average Bonchev–Trinajstić information content (AvgIpc) is 2.21. The molecule has 0 saturated carbocycles. The fourth-order valence-corrected chi connectivity index (χ4v) is 1.26. The van der Waals surface area contributed by atoms with Crippen LogP contribution in [0.25, 0.3) is 0 Å². The number of carbonyl (C=O) groups is 1. The first-order valence-electron chi connectivity index (χ1n) is 5.48. The molecule has 0 aromatic carbocycles. The number of ether oxygens (including phenoxy) is 2. The molecule has 14 heavy (non-hydrogen) atoms. The highest BCUT2D eigenvalue weighted by atomic mass is 16.5. The van der Waals surface area contributed by atoms with Gasteiger partial charge in [-0.1, -0.05) is 13.8 Å². The zero-order valence-electron chi connectivity index (χ0n) is 9.71. The van der Waals surface area contributed by atoms with Crippen molar-refractivity contribution in [1.29, 1.82) is 0 Å². The van der Waals surface area contributed by atoms with Crippen LogP contribution in [-0.4, -0.2) is 25.3 Å². The van der Waals surface area contributed by atoms with E-state index in [0.717, 1.165) is 12.8 Å². The van der Waals surface area contributed by atoms with Gasteiger partial charge in [-0.3, -0.25) is 4.79 Å². The van der Waals surface area contributed by atoms with E-state index >= 15 is 0 Å². The molecule has 3 heteroatoms. The Hall–Kier alpha value is -0.570. The second-order valence-corrected chi connectivity index (χ2v) is 3.37. The lowest BCUT2D eigenvalue weighted by Crippen LogP contribution is -2.27. The molecule has 3 nitrogen and oxygen atoms in total. The first-order valence-corrected chi connectivity index (χ1v) is 5.48. The number of esters is 1. The van der Waals surface area contributed by atoms with E-state index in [1.165, 1.54) is 0 Å². The van der Waals surface area contributed by atoms with Crippen LogP contribution in [0.4, 0.5) is 0 Å². The van der Waals surface area contributed by atoms with Gasteiger partial charge in [0.1, 0.15) is 0 Å². The summed E-state index contributed by atoms with van der Waals surface area (Å²) in [5, 5.41) is 0. The molecule has 0 aliphatic carbocycles. The Morgan fingerprint density at radius 1 is 1.29 bits per heavy atom. The van der Waals surface area contributed by atoms with Crippen molar-refractivity contribution < 1.29 is 14.3 Å². The number of rotatable bonds is 2. The maximum Gasteiger partial charge on any atom is 0.309 e. The van der Waals surface area contributed by atoms with Crippen LogP contribution < -0.4 is 0 Å². The first-order chi connectivity index (χ1) is 6.70. The Balaban J connectivity index is 0.000000791. The highest BCUT2D eigenvalue weighted by Gasteiger charge is 2.23. The van der Waals surface area contributed by atoms with Crippen molar-refractivity contribution in [2.24, 2.45) is 5.92 Å². The molecule has 0 bridgehead atoms. The molecule has 0 spiro atoms. The summed E-state index contributed by atoms with van der Waals surface area (Å²) in [6.45, 7) is 9.13. The molecule has 0 amide bonds. The Morgan fingerprint density at radius 2 is 1.79 bits per heavy atom. The topological polar surface area (TPSA) is 35.5 Å². The van der Waals surface area contributed by atoms with Gasteiger partial charge in [0.2, 0.25) is 0 Å². The summed E-state index contributed by atoms with van der Waals surface area (Å²) >= 11 is 0. The minimum Gasteiger partial charge on any atom is -0.463 e. The maximum absolute atomic E-state index is 11.3. The molecular formula is C11H22O3. The third-order valence-electron chi connectivity index (χ3n) is 1.91. The second-order valence-electron chi connectivity index (χ2n) is 3.37. The Morgan fingerprint density at radius 3 is 2.21 bits per heavy atom. The Bertz CT molecular complexity index is 149.